The van der Waals surface area contributed by atoms with E-state index in [-0.39, 0.29) is 30.0 Å². The largest absolute Gasteiger partial charge is 0.381 e. The number of hydrogen-bond acceptors (Lipinski definition) is 9. The van der Waals surface area contributed by atoms with Gasteiger partial charge in [-0.15, -0.1) is 11.3 Å². The molecule has 2 fully saturated rings. The van der Waals surface area contributed by atoms with Crippen molar-refractivity contribution in [1.82, 2.24) is 29.7 Å². The standard InChI is InChI=1S/C40H40N8O4S/c1-23-22-41-36-35-27-8-9-28(43-29(27)10-13-33(35)53-37(36)39(51)42-23)25-4-6-26(7-5-25)47-19-17-46(18-20-47)16-15-24-3-11-30-32(21-24)45(2)40(52)48(30)31-12-14-34(49)44-38(31)50/h3-11,13,21,23,31,41H,12,14-20,22H2,1-2H3,(H,42,51)(H,44,49,50)/t23-,31?/m1/s1. The van der Waals surface area contributed by atoms with Crippen LogP contribution in [0.4, 0.5) is 11.4 Å². The normalized spacial score (nSPS) is 19.7. The second-order valence-corrected chi connectivity index (χ2v) is 15.4. The molecule has 1 unspecified atom stereocenters. The third-order valence-corrected chi connectivity index (χ3v) is 12.1. The van der Waals surface area contributed by atoms with E-state index in [0.29, 0.717) is 18.5 Å². The van der Waals surface area contributed by atoms with E-state index in [2.05, 4.69) is 74.3 Å². The second kappa shape index (κ2) is 13.2. The number of imide groups is 1. The lowest BCUT2D eigenvalue weighted by Gasteiger charge is -2.36. The molecule has 9 rings (SSSR count). The quantitative estimate of drug-likeness (QED) is 0.211. The molecule has 0 aliphatic carbocycles. The zero-order chi connectivity index (χ0) is 36.4. The van der Waals surface area contributed by atoms with Gasteiger partial charge in [0.1, 0.15) is 10.9 Å². The van der Waals surface area contributed by atoms with Crippen LogP contribution in [0.3, 0.4) is 0 Å². The highest BCUT2D eigenvalue weighted by molar-refractivity contribution is 7.21. The zero-order valence-electron chi connectivity index (χ0n) is 29.6. The monoisotopic (exact) mass is 728 g/mol. The first-order valence-corrected chi connectivity index (χ1v) is 19.1. The van der Waals surface area contributed by atoms with Gasteiger partial charge in [-0.2, -0.15) is 0 Å². The van der Waals surface area contributed by atoms with Crippen LogP contribution in [0.25, 0.3) is 43.3 Å². The maximum atomic E-state index is 13.1. The summed E-state index contributed by atoms with van der Waals surface area (Å²) < 4.78 is 4.20. The molecule has 0 radical (unpaired) electrons. The maximum absolute atomic E-state index is 13.1. The van der Waals surface area contributed by atoms with Gasteiger partial charge in [-0.05, 0) is 73.9 Å². The van der Waals surface area contributed by atoms with Gasteiger partial charge in [-0.3, -0.25) is 33.7 Å². The number of piperazine rings is 1. The Hall–Kier alpha value is -5.53. The van der Waals surface area contributed by atoms with Crippen LogP contribution in [0.2, 0.25) is 0 Å². The summed E-state index contributed by atoms with van der Waals surface area (Å²) in [7, 11) is 1.73. The summed E-state index contributed by atoms with van der Waals surface area (Å²) >= 11 is 1.52. The van der Waals surface area contributed by atoms with Crippen LogP contribution < -0.4 is 26.5 Å². The Bertz CT molecular complexity index is 2510. The van der Waals surface area contributed by atoms with Crippen molar-refractivity contribution >= 4 is 72.5 Å². The number of pyridine rings is 1. The average Bonchev–Trinajstić information content (AvgIpc) is 3.62. The first-order chi connectivity index (χ1) is 25.7. The van der Waals surface area contributed by atoms with Gasteiger partial charge < -0.3 is 15.5 Å². The number of piperidine rings is 1. The third-order valence-electron chi connectivity index (χ3n) is 11.0. The molecule has 6 heterocycles. The smallest absolute Gasteiger partial charge is 0.329 e. The van der Waals surface area contributed by atoms with Crippen LogP contribution in [0.15, 0.2) is 71.5 Å². The van der Waals surface area contributed by atoms with E-state index in [1.807, 2.05) is 25.1 Å². The number of thiophene rings is 1. The summed E-state index contributed by atoms with van der Waals surface area (Å²) in [5, 5.41) is 11.0. The molecule has 2 saturated heterocycles. The fourth-order valence-corrected chi connectivity index (χ4v) is 9.14. The molecule has 3 aliphatic rings. The van der Waals surface area contributed by atoms with E-state index in [9.17, 15) is 19.2 Å². The van der Waals surface area contributed by atoms with Crippen LogP contribution in [0, 0.1) is 0 Å². The Kier molecular flexibility index (Phi) is 8.27. The number of nitrogens with zero attached hydrogens (tertiary/aromatic N) is 5. The Balaban J connectivity index is 0.842. The van der Waals surface area contributed by atoms with Gasteiger partial charge >= 0.3 is 5.69 Å². The SMILES string of the molecule is C[C@@H]1CNc2c(sc3ccc4nc(-c5ccc(N6CCN(CCc7ccc8c(c7)n(C)c(=O)n8C7CCC(=O)NC7=O)CC6)cc5)ccc4c23)C(=O)N1. The summed E-state index contributed by atoms with van der Waals surface area (Å²) in [6.07, 6.45) is 1.40. The molecule has 3 amide bonds. The summed E-state index contributed by atoms with van der Waals surface area (Å²) in [6.45, 7) is 7.38. The number of aromatic nitrogens is 3. The number of anilines is 2. The molecule has 3 N–H and O–H groups in total. The molecule has 270 valence electrons. The van der Waals surface area contributed by atoms with E-state index in [1.165, 1.54) is 21.6 Å². The van der Waals surface area contributed by atoms with Crippen LogP contribution in [-0.2, 0) is 23.1 Å². The van der Waals surface area contributed by atoms with Gasteiger partial charge in [-0.1, -0.05) is 18.2 Å². The van der Waals surface area contributed by atoms with E-state index < -0.39 is 11.9 Å². The molecular weight excluding hydrogens is 689 g/mol. The molecule has 0 bridgehead atoms. The molecule has 2 atom stereocenters. The summed E-state index contributed by atoms with van der Waals surface area (Å²) in [5.41, 5.74) is 7.39. The highest BCUT2D eigenvalue weighted by Crippen LogP contribution is 2.41. The highest BCUT2D eigenvalue weighted by atomic mass is 32.1. The molecule has 3 aliphatic heterocycles. The van der Waals surface area contributed by atoms with Gasteiger partial charge in [0, 0.05) is 85.5 Å². The van der Waals surface area contributed by atoms with Crippen LogP contribution in [-0.4, -0.2) is 82.1 Å². The Morgan fingerprint density at radius 2 is 1.72 bits per heavy atom. The topological polar surface area (TPSA) is 134 Å². The number of imidazole rings is 1. The lowest BCUT2D eigenvalue weighted by molar-refractivity contribution is -0.135. The lowest BCUT2D eigenvalue weighted by Crippen LogP contribution is -2.47. The van der Waals surface area contributed by atoms with Crippen LogP contribution in [0.5, 0.6) is 0 Å². The van der Waals surface area contributed by atoms with Crippen molar-refractivity contribution in [2.75, 3.05) is 49.5 Å². The molecule has 13 heteroatoms. The highest BCUT2D eigenvalue weighted by Gasteiger charge is 2.31. The molecule has 0 saturated carbocycles. The van der Waals surface area contributed by atoms with Crippen molar-refractivity contribution in [1.29, 1.82) is 0 Å². The minimum atomic E-state index is -0.680. The van der Waals surface area contributed by atoms with Crippen molar-refractivity contribution in [2.24, 2.45) is 7.05 Å². The number of benzene rings is 3. The Labute approximate surface area is 309 Å². The minimum Gasteiger partial charge on any atom is -0.381 e. The van der Waals surface area contributed by atoms with Crippen molar-refractivity contribution in [3.8, 4) is 11.3 Å². The number of rotatable bonds is 6. The average molecular weight is 729 g/mol. The van der Waals surface area contributed by atoms with E-state index in [4.69, 9.17) is 4.98 Å². The molecule has 53 heavy (non-hydrogen) atoms. The fourth-order valence-electron chi connectivity index (χ4n) is 8.04. The van der Waals surface area contributed by atoms with E-state index >= 15 is 0 Å². The molecule has 12 nitrogen and oxygen atoms in total. The predicted octanol–water partition coefficient (Wildman–Crippen LogP) is 4.66. The van der Waals surface area contributed by atoms with E-state index in [0.717, 1.165) is 93.0 Å². The fraction of sp³-hybridized carbons (Fsp3) is 0.325. The summed E-state index contributed by atoms with van der Waals surface area (Å²) in [5.74, 6) is -0.739. The first kappa shape index (κ1) is 33.3. The molecule has 3 aromatic heterocycles. The minimum absolute atomic E-state index is 0.0245. The summed E-state index contributed by atoms with van der Waals surface area (Å²) in [6, 6.07) is 22.4. The summed E-state index contributed by atoms with van der Waals surface area (Å²) in [4.78, 5) is 60.8. The molecule has 6 aromatic rings. The second-order valence-electron chi connectivity index (χ2n) is 14.4. The van der Waals surface area contributed by atoms with Crippen molar-refractivity contribution in [3.63, 3.8) is 0 Å². The molecule has 0 spiro atoms. The van der Waals surface area contributed by atoms with Crippen LogP contribution >= 0.6 is 11.3 Å². The molecule has 3 aromatic carbocycles. The van der Waals surface area contributed by atoms with Crippen molar-refractivity contribution < 1.29 is 14.4 Å². The van der Waals surface area contributed by atoms with Crippen LogP contribution in [0.1, 0.15) is 41.0 Å². The number of hydrogen-bond donors (Lipinski definition) is 3. The van der Waals surface area contributed by atoms with E-state index in [1.54, 1.807) is 11.6 Å². The number of fused-ring (bicyclic) bond motifs is 6. The number of carbonyl (C=O) groups excluding carboxylic acids is 3. The number of amides is 3. The Morgan fingerprint density at radius 1 is 0.906 bits per heavy atom. The van der Waals surface area contributed by atoms with Crippen molar-refractivity contribution in [2.45, 2.75) is 38.3 Å². The third kappa shape index (κ3) is 5.93. The first-order valence-electron chi connectivity index (χ1n) is 18.2. The Morgan fingerprint density at radius 3 is 2.51 bits per heavy atom. The molecular formula is C40H40N8O4S. The van der Waals surface area contributed by atoms with Gasteiger partial charge in [0.15, 0.2) is 0 Å². The van der Waals surface area contributed by atoms with Gasteiger partial charge in [0.2, 0.25) is 11.8 Å². The number of aryl methyl sites for hydroxylation is 1. The van der Waals surface area contributed by atoms with Gasteiger partial charge in [-0.25, -0.2) is 9.78 Å². The predicted molar refractivity (Wildman–Crippen MR) is 209 cm³/mol. The lowest BCUT2D eigenvalue weighted by atomic mass is 10.1. The maximum Gasteiger partial charge on any atom is 0.329 e. The number of nitrogens with one attached hydrogen (secondary N) is 3. The number of carbonyl (C=O) groups is 3. The van der Waals surface area contributed by atoms with Gasteiger partial charge in [0.05, 0.1) is 27.9 Å². The van der Waals surface area contributed by atoms with Gasteiger partial charge in [0.25, 0.3) is 5.91 Å². The van der Waals surface area contributed by atoms with Crippen molar-refractivity contribution in [3.05, 3.63) is 87.7 Å². The zero-order valence-corrected chi connectivity index (χ0v) is 30.5.